The maximum absolute atomic E-state index is 16.7. The highest BCUT2D eigenvalue weighted by atomic mass is 19.2. The first kappa shape index (κ1) is 57.2. The van der Waals surface area contributed by atoms with Crippen molar-refractivity contribution in [1.82, 2.24) is 0 Å². The van der Waals surface area contributed by atoms with Gasteiger partial charge in [-0.3, -0.25) is 4.90 Å². The van der Waals surface area contributed by atoms with Crippen molar-refractivity contribution in [3.05, 3.63) is 211 Å². The molecule has 0 saturated heterocycles. The van der Waals surface area contributed by atoms with Gasteiger partial charge >= 0.3 is 0 Å². The molecule has 2 nitrogen and oxygen atoms in total. The van der Waals surface area contributed by atoms with Gasteiger partial charge in [0, 0.05) is 17.4 Å². The van der Waals surface area contributed by atoms with Crippen LogP contribution in [0.5, 0.6) is 0 Å². The van der Waals surface area contributed by atoms with E-state index in [4.69, 9.17) is 0 Å². The molecule has 0 aliphatic heterocycles. The summed E-state index contributed by atoms with van der Waals surface area (Å²) in [4.78, 5) is -1.04. The quantitative estimate of drug-likeness (QED) is 0.0891. The SMILES string of the molecule is Cc1cc(N(c2cc(F)c3c(F)c(F)c(F)c(F)c3c2F)c2c(F)c(F)c3c(F)c(F)c(F)c(F)c3c2F)ccc1-c1ccc(N(c2c(F)c(F)c3c(F)c(F)c(F)c(F)c3c2F)c2c(F)c(F)c3c(F)c(F)c(F)c(F)c3c2F)cc1C. The molecule has 428 valence electrons. The first-order valence-electron chi connectivity index (χ1n) is 22.2. The summed E-state index contributed by atoms with van der Waals surface area (Å²) in [6, 6.07) is 3.17. The molecular weight excluding hydrogens is 1190 g/mol. The van der Waals surface area contributed by atoms with Crippen LogP contribution in [0.3, 0.4) is 0 Å². The van der Waals surface area contributed by atoms with E-state index in [0.29, 0.717) is 30.3 Å². The van der Waals surface area contributed by atoms with Crippen LogP contribution in [0.15, 0.2) is 42.5 Å². The molecule has 0 amide bonds. The van der Waals surface area contributed by atoms with E-state index in [-0.39, 0.29) is 22.1 Å². The molecule has 0 bridgehead atoms. The van der Waals surface area contributed by atoms with Crippen LogP contribution in [0.2, 0.25) is 0 Å². The van der Waals surface area contributed by atoms with E-state index in [1.807, 2.05) is 0 Å². The van der Waals surface area contributed by atoms with Gasteiger partial charge in [0.2, 0.25) is 0 Å². The van der Waals surface area contributed by atoms with Crippen molar-refractivity contribution in [2.75, 3.05) is 9.80 Å². The maximum atomic E-state index is 16.7. The van der Waals surface area contributed by atoms with Gasteiger partial charge in [0.15, 0.2) is 151 Å². The summed E-state index contributed by atoms with van der Waals surface area (Å²) in [5, 5.41) is -18.2. The van der Waals surface area contributed by atoms with Crippen molar-refractivity contribution >= 4 is 77.2 Å². The standard InChI is InChI=1S/C54H13F27N2/c1-10-7-12(82(17-9-16(55)18-19(26(17)56)28(58)42(72)41(71)27(18)57)52-38(68)23-20(35(65)49(52)79)29(59)43(73)46(76)32(23)62)3-5-14(10)15-6-4-13(8-11(15)2)83(53-39(69)24-21(36(66)50(53)80)30(60)44(74)47(77)33(24)63)54-40(70)25-22(37(67)51(54)81)31(61)45(75)48(78)34(25)64/h3-9H,1-2H3. The van der Waals surface area contributed by atoms with Gasteiger partial charge < -0.3 is 4.90 Å². The minimum absolute atomic E-state index is 0.307. The fourth-order valence-corrected chi connectivity index (χ4v) is 9.55. The molecule has 0 aliphatic carbocycles. The van der Waals surface area contributed by atoms with Crippen LogP contribution in [0.25, 0.3) is 54.2 Å². The first-order valence-corrected chi connectivity index (χ1v) is 22.2. The van der Waals surface area contributed by atoms with Gasteiger partial charge in [-0.2, -0.15) is 0 Å². The molecule has 29 heteroatoms. The van der Waals surface area contributed by atoms with Gasteiger partial charge in [-0.05, 0) is 60.4 Å². The number of fused-ring (bicyclic) bond motifs is 4. The number of hydrogen-bond donors (Lipinski definition) is 0. The number of anilines is 6. The lowest BCUT2D eigenvalue weighted by Crippen LogP contribution is -2.20. The predicted molar refractivity (Wildman–Crippen MR) is 240 cm³/mol. The number of halogens is 27. The molecule has 0 saturated carbocycles. The number of hydrogen-bond acceptors (Lipinski definition) is 2. The van der Waals surface area contributed by atoms with Crippen LogP contribution in [-0.2, 0) is 0 Å². The Labute approximate surface area is 440 Å². The smallest absolute Gasteiger partial charge is 0.198 e. The van der Waals surface area contributed by atoms with Crippen LogP contribution in [-0.4, -0.2) is 0 Å². The molecule has 10 aromatic rings. The van der Waals surface area contributed by atoms with E-state index in [1.54, 1.807) is 0 Å². The normalized spacial score (nSPS) is 11.9. The Balaban J connectivity index is 1.23. The van der Waals surface area contributed by atoms with Crippen molar-refractivity contribution < 1.29 is 119 Å². The predicted octanol–water partition coefficient (Wildman–Crippen LogP) is 19.3. The first-order chi connectivity index (χ1) is 38.8. The summed E-state index contributed by atoms with van der Waals surface area (Å²) < 4.78 is 416. The molecule has 0 spiro atoms. The Kier molecular flexibility index (Phi) is 13.5. The number of aryl methyl sites for hydroxylation is 2. The zero-order valence-corrected chi connectivity index (χ0v) is 39.6. The second-order valence-electron chi connectivity index (χ2n) is 17.8. The lowest BCUT2D eigenvalue weighted by molar-refractivity contribution is 0.411. The Hall–Kier alpha value is -9.05. The molecule has 0 aromatic heterocycles. The van der Waals surface area contributed by atoms with Crippen molar-refractivity contribution in [2.24, 2.45) is 0 Å². The van der Waals surface area contributed by atoms with Gasteiger partial charge in [-0.1, -0.05) is 12.1 Å². The highest BCUT2D eigenvalue weighted by molar-refractivity contribution is 5.98. The van der Waals surface area contributed by atoms with Crippen LogP contribution in [0.4, 0.5) is 153 Å². The molecule has 0 fully saturated rings. The monoisotopic (exact) mass is 1200 g/mol. The van der Waals surface area contributed by atoms with Crippen molar-refractivity contribution in [3.8, 4) is 11.1 Å². The third kappa shape index (κ3) is 7.80. The fourth-order valence-electron chi connectivity index (χ4n) is 9.55. The zero-order valence-electron chi connectivity index (χ0n) is 39.6. The Morgan fingerprint density at radius 3 is 0.735 bits per heavy atom. The van der Waals surface area contributed by atoms with Crippen LogP contribution in [0, 0.1) is 171 Å². The molecule has 0 aliphatic rings. The molecule has 10 rings (SSSR count). The van der Waals surface area contributed by atoms with Gasteiger partial charge in [0.1, 0.15) is 22.9 Å². The van der Waals surface area contributed by atoms with E-state index in [9.17, 15) is 52.7 Å². The van der Waals surface area contributed by atoms with Gasteiger partial charge in [0.05, 0.1) is 48.8 Å². The summed E-state index contributed by atoms with van der Waals surface area (Å²) >= 11 is 0. The molecule has 0 radical (unpaired) electrons. The highest BCUT2D eigenvalue weighted by Crippen LogP contribution is 2.51. The third-order valence-electron chi connectivity index (χ3n) is 13.3. The molecule has 0 N–H and O–H groups in total. The molecule has 0 heterocycles. The summed E-state index contributed by atoms with van der Waals surface area (Å²) in [5.74, 6) is -75.5. The summed E-state index contributed by atoms with van der Waals surface area (Å²) in [6.07, 6.45) is 0. The summed E-state index contributed by atoms with van der Waals surface area (Å²) in [6.45, 7) is 1.90. The summed E-state index contributed by atoms with van der Waals surface area (Å²) in [5.41, 5.74) is -13.0. The van der Waals surface area contributed by atoms with Crippen molar-refractivity contribution in [3.63, 3.8) is 0 Å². The van der Waals surface area contributed by atoms with E-state index < -0.39 is 250 Å². The lowest BCUT2D eigenvalue weighted by atomic mass is 9.94. The minimum atomic E-state index is -2.94. The minimum Gasteiger partial charge on any atom is -0.302 e. The Bertz CT molecular complexity index is 4520. The highest BCUT2D eigenvalue weighted by Gasteiger charge is 2.41. The van der Waals surface area contributed by atoms with Gasteiger partial charge in [-0.25, -0.2) is 119 Å². The number of nitrogens with zero attached hydrogens (tertiary/aromatic N) is 2. The average molecular weight is 1200 g/mol. The molecule has 0 unspecified atom stereocenters. The number of rotatable bonds is 7. The molecule has 0 atom stereocenters. The molecule has 83 heavy (non-hydrogen) atoms. The largest absolute Gasteiger partial charge is 0.302 e. The molecule has 10 aromatic carbocycles. The van der Waals surface area contributed by atoms with Crippen molar-refractivity contribution in [1.29, 1.82) is 0 Å². The van der Waals surface area contributed by atoms with E-state index >= 15 is 65.9 Å². The zero-order chi connectivity index (χ0) is 61.1. The lowest BCUT2D eigenvalue weighted by Gasteiger charge is -2.29. The van der Waals surface area contributed by atoms with Crippen LogP contribution >= 0.6 is 0 Å². The molecular formula is C54H13F27N2. The van der Waals surface area contributed by atoms with E-state index in [2.05, 4.69) is 0 Å². The van der Waals surface area contributed by atoms with Crippen molar-refractivity contribution in [2.45, 2.75) is 13.8 Å². The summed E-state index contributed by atoms with van der Waals surface area (Å²) in [7, 11) is 0. The average Bonchev–Trinajstić information content (AvgIpc) is 1.22. The maximum Gasteiger partial charge on any atom is 0.198 e. The van der Waals surface area contributed by atoms with Crippen LogP contribution in [0.1, 0.15) is 11.1 Å². The Morgan fingerprint density at radius 2 is 0.446 bits per heavy atom. The van der Waals surface area contributed by atoms with Crippen LogP contribution < -0.4 is 9.80 Å². The van der Waals surface area contributed by atoms with Gasteiger partial charge in [-0.15, -0.1) is 0 Å². The third-order valence-corrected chi connectivity index (χ3v) is 13.3. The number of benzene rings is 10. The second kappa shape index (κ2) is 19.6. The van der Waals surface area contributed by atoms with E-state index in [0.717, 1.165) is 19.9 Å². The van der Waals surface area contributed by atoms with Gasteiger partial charge in [0.25, 0.3) is 0 Å². The Morgan fingerprint density at radius 1 is 0.217 bits per heavy atom. The second-order valence-corrected chi connectivity index (χ2v) is 17.8. The topological polar surface area (TPSA) is 6.48 Å². The fraction of sp³-hybridized carbons (Fsp3) is 0.0370. The van der Waals surface area contributed by atoms with E-state index in [1.165, 1.54) is 0 Å².